The van der Waals surface area contributed by atoms with Gasteiger partial charge in [-0.1, -0.05) is 0 Å². The number of hydrogen-bond acceptors (Lipinski definition) is 3. The highest BCUT2D eigenvalue weighted by Crippen LogP contribution is 2.26. The minimum atomic E-state index is -0.00468. The SMILES string of the molecule is CCn1ccnc1C1OCCC1N. The number of aromatic nitrogens is 2. The first-order valence-electron chi connectivity index (χ1n) is 4.71. The zero-order valence-corrected chi connectivity index (χ0v) is 7.81. The molecule has 2 rings (SSSR count). The summed E-state index contributed by atoms with van der Waals surface area (Å²) in [5.41, 5.74) is 5.92. The van der Waals surface area contributed by atoms with Crippen LogP contribution >= 0.6 is 0 Å². The Morgan fingerprint density at radius 1 is 1.77 bits per heavy atom. The lowest BCUT2D eigenvalue weighted by Gasteiger charge is -2.14. The van der Waals surface area contributed by atoms with E-state index in [1.165, 1.54) is 0 Å². The van der Waals surface area contributed by atoms with Crippen LogP contribution in [0.4, 0.5) is 0 Å². The second kappa shape index (κ2) is 3.47. The molecule has 1 aromatic rings. The van der Waals surface area contributed by atoms with Crippen LogP contribution in [0.25, 0.3) is 0 Å². The zero-order valence-electron chi connectivity index (χ0n) is 7.81. The number of imidazole rings is 1. The van der Waals surface area contributed by atoms with Crippen LogP contribution in [0.1, 0.15) is 25.3 Å². The van der Waals surface area contributed by atoms with E-state index in [0.29, 0.717) is 0 Å². The fourth-order valence-corrected chi connectivity index (χ4v) is 1.72. The summed E-state index contributed by atoms with van der Waals surface area (Å²) < 4.78 is 7.62. The molecule has 0 aliphatic carbocycles. The summed E-state index contributed by atoms with van der Waals surface area (Å²) >= 11 is 0. The summed E-state index contributed by atoms with van der Waals surface area (Å²) in [4.78, 5) is 4.28. The molecule has 72 valence electrons. The van der Waals surface area contributed by atoms with Gasteiger partial charge in [0, 0.05) is 31.6 Å². The predicted molar refractivity (Wildman–Crippen MR) is 49.2 cm³/mol. The monoisotopic (exact) mass is 181 g/mol. The predicted octanol–water partition coefficient (Wildman–Crippen LogP) is 0.692. The van der Waals surface area contributed by atoms with Gasteiger partial charge >= 0.3 is 0 Å². The van der Waals surface area contributed by atoms with Crippen molar-refractivity contribution in [2.45, 2.75) is 32.0 Å². The highest BCUT2D eigenvalue weighted by Gasteiger charge is 2.29. The summed E-state index contributed by atoms with van der Waals surface area (Å²) in [5.74, 6) is 0.965. The van der Waals surface area contributed by atoms with E-state index in [2.05, 4.69) is 16.5 Å². The maximum Gasteiger partial charge on any atom is 0.139 e. The van der Waals surface area contributed by atoms with Crippen LogP contribution in [0.15, 0.2) is 12.4 Å². The maximum atomic E-state index is 5.92. The first kappa shape index (κ1) is 8.72. The second-order valence-electron chi connectivity index (χ2n) is 3.32. The minimum Gasteiger partial charge on any atom is -0.369 e. The van der Waals surface area contributed by atoms with Crippen LogP contribution in [-0.4, -0.2) is 22.2 Å². The van der Waals surface area contributed by atoms with Gasteiger partial charge in [-0.05, 0) is 13.3 Å². The van der Waals surface area contributed by atoms with Crippen LogP contribution < -0.4 is 5.73 Å². The average molecular weight is 181 g/mol. The van der Waals surface area contributed by atoms with Crippen LogP contribution in [0, 0.1) is 0 Å². The van der Waals surface area contributed by atoms with Gasteiger partial charge < -0.3 is 15.0 Å². The molecule has 13 heavy (non-hydrogen) atoms. The van der Waals surface area contributed by atoms with E-state index in [0.717, 1.165) is 25.4 Å². The molecule has 1 aliphatic heterocycles. The Hall–Kier alpha value is -0.870. The standard InChI is InChI=1S/C9H15N3O/c1-2-12-5-4-11-9(12)8-7(10)3-6-13-8/h4-5,7-8H,2-3,6,10H2,1H3. The van der Waals surface area contributed by atoms with E-state index in [1.54, 1.807) is 6.20 Å². The number of nitrogens with zero attached hydrogens (tertiary/aromatic N) is 2. The van der Waals surface area contributed by atoms with Gasteiger partial charge in [0.25, 0.3) is 0 Å². The molecule has 4 nitrogen and oxygen atoms in total. The third-order valence-corrected chi connectivity index (χ3v) is 2.48. The fraction of sp³-hybridized carbons (Fsp3) is 0.667. The first-order chi connectivity index (χ1) is 6.33. The number of nitrogens with two attached hydrogens (primary N) is 1. The van der Waals surface area contributed by atoms with Crippen molar-refractivity contribution in [2.75, 3.05) is 6.61 Å². The van der Waals surface area contributed by atoms with E-state index in [9.17, 15) is 0 Å². The Bertz CT molecular complexity index is 284. The third-order valence-electron chi connectivity index (χ3n) is 2.48. The molecule has 0 aromatic carbocycles. The van der Waals surface area contributed by atoms with Crippen molar-refractivity contribution in [3.8, 4) is 0 Å². The summed E-state index contributed by atoms with van der Waals surface area (Å²) in [7, 11) is 0. The molecular weight excluding hydrogens is 166 g/mol. The van der Waals surface area contributed by atoms with Gasteiger partial charge in [-0.15, -0.1) is 0 Å². The molecule has 1 fully saturated rings. The van der Waals surface area contributed by atoms with E-state index >= 15 is 0 Å². The highest BCUT2D eigenvalue weighted by molar-refractivity contribution is 5.02. The van der Waals surface area contributed by atoms with Crippen molar-refractivity contribution >= 4 is 0 Å². The van der Waals surface area contributed by atoms with Crippen molar-refractivity contribution in [3.05, 3.63) is 18.2 Å². The molecule has 0 bridgehead atoms. The van der Waals surface area contributed by atoms with Crippen molar-refractivity contribution in [2.24, 2.45) is 5.73 Å². The van der Waals surface area contributed by atoms with Crippen LogP contribution in [-0.2, 0) is 11.3 Å². The number of aryl methyl sites for hydroxylation is 1. The van der Waals surface area contributed by atoms with E-state index in [1.807, 2.05) is 6.20 Å². The summed E-state index contributed by atoms with van der Waals surface area (Å²) in [6.07, 6.45) is 4.69. The quantitative estimate of drug-likeness (QED) is 0.730. The van der Waals surface area contributed by atoms with Gasteiger partial charge in [-0.25, -0.2) is 4.98 Å². The average Bonchev–Trinajstić information content (AvgIpc) is 2.71. The minimum absolute atomic E-state index is 0.00468. The summed E-state index contributed by atoms with van der Waals surface area (Å²) in [5, 5.41) is 0. The lowest BCUT2D eigenvalue weighted by Crippen LogP contribution is -2.25. The molecule has 0 radical (unpaired) electrons. The Kier molecular flexibility index (Phi) is 2.33. The largest absolute Gasteiger partial charge is 0.369 e. The Labute approximate surface area is 77.7 Å². The molecule has 1 saturated heterocycles. The summed E-state index contributed by atoms with van der Waals surface area (Å²) in [6, 6.07) is 0.104. The van der Waals surface area contributed by atoms with Gasteiger partial charge in [0.1, 0.15) is 11.9 Å². The van der Waals surface area contributed by atoms with E-state index in [4.69, 9.17) is 10.5 Å². The van der Waals surface area contributed by atoms with Gasteiger partial charge in [0.05, 0.1) is 0 Å². The molecular formula is C9H15N3O. The molecule has 0 spiro atoms. The lowest BCUT2D eigenvalue weighted by atomic mass is 10.1. The lowest BCUT2D eigenvalue weighted by molar-refractivity contribution is 0.0950. The highest BCUT2D eigenvalue weighted by atomic mass is 16.5. The van der Waals surface area contributed by atoms with Crippen LogP contribution in [0.3, 0.4) is 0 Å². The smallest absolute Gasteiger partial charge is 0.139 e. The number of rotatable bonds is 2. The summed E-state index contributed by atoms with van der Waals surface area (Å²) in [6.45, 7) is 3.76. The van der Waals surface area contributed by atoms with Gasteiger partial charge in [0.2, 0.25) is 0 Å². The van der Waals surface area contributed by atoms with E-state index in [-0.39, 0.29) is 12.1 Å². The second-order valence-corrected chi connectivity index (χ2v) is 3.32. The Morgan fingerprint density at radius 3 is 3.23 bits per heavy atom. The van der Waals surface area contributed by atoms with E-state index < -0.39 is 0 Å². The molecule has 2 heterocycles. The molecule has 1 aromatic heterocycles. The number of ether oxygens (including phenoxy) is 1. The van der Waals surface area contributed by atoms with Gasteiger partial charge in [-0.3, -0.25) is 0 Å². The van der Waals surface area contributed by atoms with Gasteiger partial charge in [0.15, 0.2) is 0 Å². The molecule has 0 amide bonds. The topological polar surface area (TPSA) is 53.1 Å². The molecule has 2 atom stereocenters. The number of hydrogen-bond donors (Lipinski definition) is 1. The fourth-order valence-electron chi connectivity index (χ4n) is 1.72. The Morgan fingerprint density at radius 2 is 2.62 bits per heavy atom. The first-order valence-corrected chi connectivity index (χ1v) is 4.71. The van der Waals surface area contributed by atoms with Crippen molar-refractivity contribution < 1.29 is 4.74 Å². The van der Waals surface area contributed by atoms with Crippen LogP contribution in [0.2, 0.25) is 0 Å². The molecule has 4 heteroatoms. The van der Waals surface area contributed by atoms with Crippen molar-refractivity contribution in [1.29, 1.82) is 0 Å². The maximum absolute atomic E-state index is 5.92. The molecule has 2 N–H and O–H groups in total. The third kappa shape index (κ3) is 1.47. The van der Waals surface area contributed by atoms with Crippen molar-refractivity contribution in [3.63, 3.8) is 0 Å². The normalized spacial score (nSPS) is 28.2. The van der Waals surface area contributed by atoms with Crippen molar-refractivity contribution in [1.82, 2.24) is 9.55 Å². The van der Waals surface area contributed by atoms with Gasteiger partial charge in [-0.2, -0.15) is 0 Å². The zero-order chi connectivity index (χ0) is 9.26. The molecule has 1 aliphatic rings. The Balaban J connectivity index is 2.23. The van der Waals surface area contributed by atoms with Crippen LogP contribution in [0.5, 0.6) is 0 Å². The molecule has 2 unspecified atom stereocenters. The molecule has 0 saturated carbocycles.